The molecule has 0 aliphatic carbocycles. The molecule has 10 nitrogen and oxygen atoms in total. The Bertz CT molecular complexity index is 1370. The number of urea groups is 1. The van der Waals surface area contributed by atoms with Gasteiger partial charge in [0, 0.05) is 50.0 Å². The van der Waals surface area contributed by atoms with Crippen LogP contribution in [0.3, 0.4) is 0 Å². The molecule has 1 saturated heterocycles. The Hall–Kier alpha value is -3.76. The summed E-state index contributed by atoms with van der Waals surface area (Å²) < 4.78 is 0. The van der Waals surface area contributed by atoms with Crippen LogP contribution < -0.4 is 15.8 Å². The van der Waals surface area contributed by atoms with Crippen molar-refractivity contribution in [3.63, 3.8) is 0 Å². The van der Waals surface area contributed by atoms with Gasteiger partial charge in [-0.2, -0.15) is 0 Å². The molecule has 186 valence electrons. The fourth-order valence-electron chi connectivity index (χ4n) is 5.44. The van der Waals surface area contributed by atoms with Crippen LogP contribution in [-0.4, -0.2) is 69.1 Å². The second-order valence-electron chi connectivity index (χ2n) is 9.79. The standard InChI is InChI=1S/C26H29N7O3/c1-15(34)25(35)32-9-7-19(8-10-32)33-24-18(14-31(2)26(33)36)12-27-22-6-5-20(29-23(22)24)16-3-4-21-17(11-16)13-28-30-21/h3-6,11-12,15,19,28,30,34H,7-10,13-14H2,1-2H3/t15-/m0/s1. The highest BCUT2D eigenvalue weighted by molar-refractivity contribution is 6.04. The lowest BCUT2D eigenvalue weighted by Crippen LogP contribution is -2.55. The van der Waals surface area contributed by atoms with Gasteiger partial charge in [0.2, 0.25) is 0 Å². The number of aromatic nitrogens is 2. The van der Waals surface area contributed by atoms with Crippen LogP contribution in [0.5, 0.6) is 0 Å². The van der Waals surface area contributed by atoms with E-state index in [9.17, 15) is 14.7 Å². The molecule has 36 heavy (non-hydrogen) atoms. The maximum Gasteiger partial charge on any atom is 0.324 e. The Morgan fingerprint density at radius 2 is 1.97 bits per heavy atom. The molecule has 1 fully saturated rings. The summed E-state index contributed by atoms with van der Waals surface area (Å²) >= 11 is 0. The van der Waals surface area contributed by atoms with Gasteiger partial charge in [0.1, 0.15) is 11.6 Å². The van der Waals surface area contributed by atoms with Gasteiger partial charge in [0.05, 0.1) is 29.1 Å². The number of carbonyl (C=O) groups excluding carboxylic acids is 2. The lowest BCUT2D eigenvalue weighted by Gasteiger charge is -2.43. The second-order valence-corrected chi connectivity index (χ2v) is 9.79. The first-order valence-corrected chi connectivity index (χ1v) is 12.3. The van der Waals surface area contributed by atoms with E-state index < -0.39 is 6.10 Å². The van der Waals surface area contributed by atoms with Crippen LogP contribution in [0.15, 0.2) is 36.5 Å². The maximum absolute atomic E-state index is 13.5. The van der Waals surface area contributed by atoms with Gasteiger partial charge in [-0.25, -0.2) is 15.2 Å². The van der Waals surface area contributed by atoms with Crippen LogP contribution in [-0.2, 0) is 17.9 Å². The van der Waals surface area contributed by atoms with Crippen LogP contribution in [0, 0.1) is 0 Å². The number of piperidine rings is 1. The summed E-state index contributed by atoms with van der Waals surface area (Å²) in [6.07, 6.45) is 2.08. The van der Waals surface area contributed by atoms with Crippen molar-refractivity contribution < 1.29 is 14.7 Å². The topological polar surface area (TPSA) is 114 Å². The highest BCUT2D eigenvalue weighted by atomic mass is 16.3. The van der Waals surface area contributed by atoms with E-state index in [1.54, 1.807) is 16.8 Å². The number of hydrogen-bond donors (Lipinski definition) is 3. The molecule has 3 aliphatic rings. The number of fused-ring (bicyclic) bond motifs is 4. The summed E-state index contributed by atoms with van der Waals surface area (Å²) in [4.78, 5) is 40.7. The smallest absolute Gasteiger partial charge is 0.324 e. The molecule has 1 atom stereocenters. The van der Waals surface area contributed by atoms with Crippen molar-refractivity contribution in [1.82, 2.24) is 25.2 Å². The zero-order valence-corrected chi connectivity index (χ0v) is 20.4. The highest BCUT2D eigenvalue weighted by Gasteiger charge is 2.38. The second kappa shape index (κ2) is 8.72. The van der Waals surface area contributed by atoms with Crippen molar-refractivity contribution >= 4 is 34.3 Å². The van der Waals surface area contributed by atoms with Gasteiger partial charge in [0.25, 0.3) is 5.91 Å². The number of likely N-dealkylation sites (tertiary alicyclic amines) is 1. The molecule has 1 aromatic carbocycles. The molecule has 10 heteroatoms. The fourth-order valence-corrected chi connectivity index (χ4v) is 5.44. The molecule has 5 heterocycles. The summed E-state index contributed by atoms with van der Waals surface area (Å²) in [5.74, 6) is -0.267. The lowest BCUT2D eigenvalue weighted by molar-refractivity contribution is -0.140. The number of hydrazine groups is 1. The van der Waals surface area contributed by atoms with Crippen molar-refractivity contribution in [2.75, 3.05) is 30.5 Å². The number of aliphatic hydroxyl groups excluding tert-OH is 1. The normalized spacial score (nSPS) is 18.8. The van der Waals surface area contributed by atoms with E-state index >= 15 is 0 Å². The van der Waals surface area contributed by atoms with Crippen LogP contribution in [0.2, 0.25) is 0 Å². The van der Waals surface area contributed by atoms with E-state index in [0.29, 0.717) is 38.0 Å². The molecule has 3 aromatic rings. The van der Waals surface area contributed by atoms with E-state index in [2.05, 4.69) is 21.9 Å². The first-order chi connectivity index (χ1) is 17.4. The minimum Gasteiger partial charge on any atom is -0.384 e. The largest absolute Gasteiger partial charge is 0.384 e. The third kappa shape index (κ3) is 3.73. The molecule has 0 spiro atoms. The zero-order chi connectivity index (χ0) is 25.0. The molecule has 6 rings (SSSR count). The summed E-state index contributed by atoms with van der Waals surface area (Å²) in [6, 6.07) is 10.0. The number of anilines is 2. The van der Waals surface area contributed by atoms with Gasteiger partial charge in [0.15, 0.2) is 0 Å². The van der Waals surface area contributed by atoms with Gasteiger partial charge < -0.3 is 20.3 Å². The van der Waals surface area contributed by atoms with Crippen LogP contribution >= 0.6 is 0 Å². The van der Waals surface area contributed by atoms with Gasteiger partial charge in [-0.1, -0.05) is 6.07 Å². The molecule has 0 saturated carbocycles. The first-order valence-electron chi connectivity index (χ1n) is 12.3. The number of pyridine rings is 2. The van der Waals surface area contributed by atoms with E-state index in [0.717, 1.165) is 40.3 Å². The van der Waals surface area contributed by atoms with Gasteiger partial charge in [-0.05, 0) is 49.6 Å². The summed E-state index contributed by atoms with van der Waals surface area (Å²) in [5, 5.41) is 9.70. The number of amides is 3. The van der Waals surface area contributed by atoms with Crippen LogP contribution in [0.1, 0.15) is 30.9 Å². The van der Waals surface area contributed by atoms with Gasteiger partial charge in [-0.3, -0.25) is 14.7 Å². The van der Waals surface area contributed by atoms with Gasteiger partial charge >= 0.3 is 6.03 Å². The summed E-state index contributed by atoms with van der Waals surface area (Å²) in [6.45, 7) is 3.70. The average molecular weight is 488 g/mol. The van der Waals surface area contributed by atoms with Crippen molar-refractivity contribution in [3.05, 3.63) is 47.7 Å². The SMILES string of the molecule is C[C@H](O)C(=O)N1CCC(N2C(=O)N(C)Cc3cnc4ccc(-c5ccc6c(c5)CNN6)nc4c32)CC1. The number of hydrogen-bond acceptors (Lipinski definition) is 7. The number of nitrogens with one attached hydrogen (secondary N) is 2. The molecule has 0 bridgehead atoms. The zero-order valence-electron chi connectivity index (χ0n) is 20.4. The molecular weight excluding hydrogens is 458 g/mol. The quantitative estimate of drug-likeness (QED) is 0.520. The predicted molar refractivity (Wildman–Crippen MR) is 136 cm³/mol. The minimum atomic E-state index is -1.02. The molecular formula is C26H29N7O3. The van der Waals surface area contributed by atoms with E-state index in [1.165, 1.54) is 12.5 Å². The number of nitrogens with zero attached hydrogens (tertiary/aromatic N) is 5. The van der Waals surface area contributed by atoms with Crippen molar-refractivity contribution in [2.24, 2.45) is 0 Å². The van der Waals surface area contributed by atoms with E-state index in [1.807, 2.05) is 35.4 Å². The van der Waals surface area contributed by atoms with Crippen LogP contribution in [0.4, 0.5) is 16.2 Å². The van der Waals surface area contributed by atoms with Crippen molar-refractivity contribution in [3.8, 4) is 11.3 Å². The fraction of sp³-hybridized carbons (Fsp3) is 0.385. The third-order valence-corrected chi connectivity index (χ3v) is 7.34. The molecule has 3 amide bonds. The predicted octanol–water partition coefficient (Wildman–Crippen LogP) is 2.47. The number of aliphatic hydroxyl groups is 1. The Morgan fingerprint density at radius 1 is 1.17 bits per heavy atom. The van der Waals surface area contributed by atoms with E-state index in [-0.39, 0.29) is 18.0 Å². The van der Waals surface area contributed by atoms with Gasteiger partial charge in [-0.15, -0.1) is 0 Å². The van der Waals surface area contributed by atoms with E-state index in [4.69, 9.17) is 4.98 Å². The van der Waals surface area contributed by atoms with Crippen molar-refractivity contribution in [2.45, 2.75) is 45.0 Å². The Labute approximate surface area is 208 Å². The average Bonchev–Trinajstić information content (AvgIpc) is 3.37. The third-order valence-electron chi connectivity index (χ3n) is 7.34. The number of benzene rings is 1. The summed E-state index contributed by atoms with van der Waals surface area (Å²) in [5.41, 5.74) is 13.6. The Morgan fingerprint density at radius 3 is 2.75 bits per heavy atom. The van der Waals surface area contributed by atoms with Crippen LogP contribution in [0.25, 0.3) is 22.3 Å². The molecule has 0 radical (unpaired) electrons. The van der Waals surface area contributed by atoms with Crippen molar-refractivity contribution in [1.29, 1.82) is 0 Å². The maximum atomic E-state index is 13.5. The molecule has 0 unspecified atom stereocenters. The molecule has 3 aliphatic heterocycles. The highest BCUT2D eigenvalue weighted by Crippen LogP contribution is 2.38. The molecule has 2 aromatic heterocycles. The Balaban J connectivity index is 1.40. The minimum absolute atomic E-state index is 0.0721. The monoisotopic (exact) mass is 487 g/mol. The summed E-state index contributed by atoms with van der Waals surface area (Å²) in [7, 11) is 1.80. The molecule has 3 N–H and O–H groups in total. The number of carbonyl (C=O) groups is 2. The lowest BCUT2D eigenvalue weighted by atomic mass is 9.99. The number of rotatable bonds is 3. The Kier molecular flexibility index (Phi) is 5.50. The first kappa shape index (κ1) is 22.7.